The second kappa shape index (κ2) is 10.2. The Morgan fingerprint density at radius 1 is 1.38 bits per heavy atom. The molecule has 1 aliphatic rings. The predicted molar refractivity (Wildman–Crippen MR) is 105 cm³/mol. The molecule has 1 unspecified atom stereocenters. The zero-order valence-corrected chi connectivity index (χ0v) is 16.4. The van der Waals surface area contributed by atoms with E-state index in [9.17, 15) is 4.79 Å². The number of carbonyl (C=O) groups is 1. The number of rotatable bonds is 6. The zero-order chi connectivity index (χ0) is 16.7. The van der Waals surface area contributed by atoms with Gasteiger partial charge in [-0.3, -0.25) is 4.79 Å². The van der Waals surface area contributed by atoms with Gasteiger partial charge in [0.25, 0.3) is 0 Å². The SMILES string of the molecule is CC(C)(C)c1ccccc1OCCNC(=O)CC1CSCCN1.Cl. The molecule has 136 valence electrons. The monoisotopic (exact) mass is 372 g/mol. The highest BCUT2D eigenvalue weighted by Crippen LogP contribution is 2.30. The Morgan fingerprint density at radius 3 is 2.79 bits per heavy atom. The number of hydrogen-bond acceptors (Lipinski definition) is 4. The molecular formula is C18H29ClN2O2S. The van der Waals surface area contributed by atoms with Crippen molar-refractivity contribution in [1.29, 1.82) is 0 Å². The lowest BCUT2D eigenvalue weighted by molar-refractivity contribution is -0.121. The molecule has 0 bridgehead atoms. The van der Waals surface area contributed by atoms with E-state index in [-0.39, 0.29) is 23.7 Å². The lowest BCUT2D eigenvalue weighted by Gasteiger charge is -2.23. The molecule has 2 N–H and O–H groups in total. The standard InChI is InChI=1S/C18H28N2O2S.ClH/c1-18(2,3)15-6-4-5-7-16(15)22-10-8-20-17(21)12-14-13-23-11-9-19-14;/h4-7,14,19H,8-13H2,1-3H3,(H,20,21);1H. The molecule has 0 aliphatic carbocycles. The second-order valence-electron chi connectivity index (χ2n) is 6.87. The number of hydrogen-bond donors (Lipinski definition) is 2. The summed E-state index contributed by atoms with van der Waals surface area (Å²) in [5, 5.41) is 6.32. The van der Waals surface area contributed by atoms with E-state index in [0.29, 0.717) is 25.6 Å². The fourth-order valence-corrected chi connectivity index (χ4v) is 3.56. The van der Waals surface area contributed by atoms with Gasteiger partial charge >= 0.3 is 0 Å². The Hall–Kier alpha value is -0.910. The molecule has 1 saturated heterocycles. The summed E-state index contributed by atoms with van der Waals surface area (Å²) in [6.07, 6.45) is 0.547. The topological polar surface area (TPSA) is 50.4 Å². The second-order valence-corrected chi connectivity index (χ2v) is 8.02. The highest BCUT2D eigenvalue weighted by atomic mass is 35.5. The molecule has 24 heavy (non-hydrogen) atoms. The van der Waals surface area contributed by atoms with E-state index in [0.717, 1.165) is 23.8 Å². The van der Waals surface area contributed by atoms with E-state index in [2.05, 4.69) is 37.5 Å². The van der Waals surface area contributed by atoms with Crippen molar-refractivity contribution in [3.63, 3.8) is 0 Å². The summed E-state index contributed by atoms with van der Waals surface area (Å²) < 4.78 is 5.87. The summed E-state index contributed by atoms with van der Waals surface area (Å²) >= 11 is 1.91. The largest absolute Gasteiger partial charge is 0.491 e. The van der Waals surface area contributed by atoms with Crippen molar-refractivity contribution in [2.24, 2.45) is 0 Å². The molecular weight excluding hydrogens is 344 g/mol. The third kappa shape index (κ3) is 6.91. The fraction of sp³-hybridized carbons (Fsp3) is 0.611. The van der Waals surface area contributed by atoms with E-state index in [4.69, 9.17) is 4.74 Å². The van der Waals surface area contributed by atoms with Gasteiger partial charge in [0.2, 0.25) is 5.91 Å². The maximum absolute atomic E-state index is 11.9. The minimum atomic E-state index is 0. The summed E-state index contributed by atoms with van der Waals surface area (Å²) in [5.41, 5.74) is 1.24. The molecule has 1 atom stereocenters. The number of amides is 1. The van der Waals surface area contributed by atoms with Gasteiger partial charge < -0.3 is 15.4 Å². The summed E-state index contributed by atoms with van der Waals surface area (Å²) in [6.45, 7) is 8.54. The fourth-order valence-electron chi connectivity index (χ4n) is 2.61. The Kier molecular flexibility index (Phi) is 8.95. The molecule has 1 aliphatic heterocycles. The Bertz CT molecular complexity index is 514. The molecule has 0 saturated carbocycles. The zero-order valence-electron chi connectivity index (χ0n) is 14.8. The van der Waals surface area contributed by atoms with Gasteiger partial charge in [-0.15, -0.1) is 12.4 Å². The van der Waals surface area contributed by atoms with Crippen LogP contribution in [0.3, 0.4) is 0 Å². The number of carbonyl (C=O) groups excluding carboxylic acids is 1. The van der Waals surface area contributed by atoms with Crippen LogP contribution in [0.4, 0.5) is 0 Å². The minimum absolute atomic E-state index is 0. The van der Waals surface area contributed by atoms with Crippen LogP contribution in [-0.2, 0) is 10.2 Å². The van der Waals surface area contributed by atoms with E-state index in [1.165, 1.54) is 5.56 Å². The van der Waals surface area contributed by atoms with Gasteiger partial charge in [-0.2, -0.15) is 11.8 Å². The number of halogens is 1. The van der Waals surface area contributed by atoms with Gasteiger partial charge in [0.05, 0.1) is 6.54 Å². The van der Waals surface area contributed by atoms with Crippen LogP contribution in [0.15, 0.2) is 24.3 Å². The minimum Gasteiger partial charge on any atom is -0.491 e. The molecule has 1 aromatic rings. The highest BCUT2D eigenvalue weighted by molar-refractivity contribution is 7.99. The van der Waals surface area contributed by atoms with Crippen molar-refractivity contribution in [2.75, 3.05) is 31.2 Å². The van der Waals surface area contributed by atoms with Crippen LogP contribution < -0.4 is 15.4 Å². The van der Waals surface area contributed by atoms with Gasteiger partial charge in [0, 0.05) is 30.5 Å². The maximum Gasteiger partial charge on any atom is 0.221 e. The molecule has 1 fully saturated rings. The van der Waals surface area contributed by atoms with Crippen LogP contribution in [-0.4, -0.2) is 43.2 Å². The van der Waals surface area contributed by atoms with Crippen LogP contribution in [0, 0.1) is 0 Å². The molecule has 1 amide bonds. The van der Waals surface area contributed by atoms with Crippen molar-refractivity contribution in [2.45, 2.75) is 38.6 Å². The number of ether oxygens (including phenoxy) is 1. The molecule has 0 spiro atoms. The van der Waals surface area contributed by atoms with Crippen LogP contribution in [0.5, 0.6) is 5.75 Å². The molecule has 4 nitrogen and oxygen atoms in total. The lowest BCUT2D eigenvalue weighted by atomic mass is 9.86. The van der Waals surface area contributed by atoms with Gasteiger partial charge in [-0.25, -0.2) is 0 Å². The van der Waals surface area contributed by atoms with E-state index in [1.54, 1.807) is 0 Å². The average molecular weight is 373 g/mol. The first-order valence-electron chi connectivity index (χ1n) is 8.27. The lowest BCUT2D eigenvalue weighted by Crippen LogP contribution is -2.41. The van der Waals surface area contributed by atoms with Crippen molar-refractivity contribution >= 4 is 30.1 Å². The maximum atomic E-state index is 11.9. The number of thioether (sulfide) groups is 1. The third-order valence-electron chi connectivity index (χ3n) is 3.81. The van der Waals surface area contributed by atoms with Gasteiger partial charge in [0.15, 0.2) is 0 Å². The third-order valence-corrected chi connectivity index (χ3v) is 4.94. The van der Waals surface area contributed by atoms with E-state index < -0.39 is 0 Å². The average Bonchev–Trinajstić information content (AvgIpc) is 2.52. The van der Waals surface area contributed by atoms with Crippen molar-refractivity contribution in [3.8, 4) is 5.75 Å². The highest BCUT2D eigenvalue weighted by Gasteiger charge is 2.19. The summed E-state index contributed by atoms with van der Waals surface area (Å²) in [5.74, 6) is 3.15. The van der Waals surface area contributed by atoms with Gasteiger partial charge in [0.1, 0.15) is 12.4 Å². The summed E-state index contributed by atoms with van der Waals surface area (Å²) in [4.78, 5) is 11.9. The Morgan fingerprint density at radius 2 is 2.12 bits per heavy atom. The van der Waals surface area contributed by atoms with Crippen molar-refractivity contribution in [1.82, 2.24) is 10.6 Å². The van der Waals surface area contributed by atoms with Crippen molar-refractivity contribution in [3.05, 3.63) is 29.8 Å². The molecule has 1 aromatic carbocycles. The number of benzene rings is 1. The molecule has 2 rings (SSSR count). The quantitative estimate of drug-likeness (QED) is 0.754. The first-order chi connectivity index (χ1) is 11.0. The van der Waals surface area contributed by atoms with E-state index >= 15 is 0 Å². The predicted octanol–water partition coefficient (Wildman–Crippen LogP) is 3.00. The Balaban J connectivity index is 0.00000288. The first-order valence-corrected chi connectivity index (χ1v) is 9.42. The number of para-hydroxylation sites is 1. The van der Waals surface area contributed by atoms with Crippen molar-refractivity contribution < 1.29 is 9.53 Å². The Labute approximate surface area is 155 Å². The summed E-state index contributed by atoms with van der Waals surface area (Å²) in [6, 6.07) is 8.41. The molecule has 6 heteroatoms. The number of nitrogens with one attached hydrogen (secondary N) is 2. The molecule has 0 radical (unpaired) electrons. The first kappa shape index (κ1) is 21.1. The van der Waals surface area contributed by atoms with Crippen LogP contribution >= 0.6 is 24.2 Å². The molecule has 0 aromatic heterocycles. The smallest absolute Gasteiger partial charge is 0.221 e. The van der Waals surface area contributed by atoms with Crippen LogP contribution in [0.1, 0.15) is 32.8 Å². The van der Waals surface area contributed by atoms with Crippen LogP contribution in [0.2, 0.25) is 0 Å². The normalized spacial score (nSPS) is 17.7. The van der Waals surface area contributed by atoms with Gasteiger partial charge in [-0.1, -0.05) is 39.0 Å². The van der Waals surface area contributed by atoms with Gasteiger partial charge in [-0.05, 0) is 17.0 Å². The molecule has 1 heterocycles. The van der Waals surface area contributed by atoms with E-state index in [1.807, 2.05) is 30.0 Å². The van der Waals surface area contributed by atoms with Crippen LogP contribution in [0.25, 0.3) is 0 Å². The summed E-state index contributed by atoms with van der Waals surface area (Å²) in [7, 11) is 0.